The Labute approximate surface area is 105 Å². The molecule has 1 N–H and O–H groups in total. The zero-order valence-corrected chi connectivity index (χ0v) is 10.3. The number of nitrogens with zero attached hydrogens (tertiary/aromatic N) is 4. The van der Waals surface area contributed by atoms with Gasteiger partial charge in [0.25, 0.3) is 0 Å². The van der Waals surface area contributed by atoms with Crippen molar-refractivity contribution in [3.8, 4) is 0 Å². The van der Waals surface area contributed by atoms with Crippen molar-refractivity contribution < 1.29 is 4.39 Å². The molecule has 1 aliphatic rings. The molecule has 3 heterocycles. The molecule has 1 atom stereocenters. The summed E-state index contributed by atoms with van der Waals surface area (Å²) in [5.74, 6) is 0.327. The van der Waals surface area contributed by atoms with E-state index in [1.165, 1.54) is 29.6 Å². The molecular weight excluding hydrogens is 233 g/mol. The quantitative estimate of drug-likeness (QED) is 0.883. The molecular formula is C12H16FN5. The van der Waals surface area contributed by atoms with E-state index < -0.39 is 0 Å². The Morgan fingerprint density at radius 1 is 1.56 bits per heavy atom. The number of likely N-dealkylation sites (N-methyl/N-ethyl adjacent to an activating group) is 1. The maximum atomic E-state index is 13.1. The lowest BCUT2D eigenvalue weighted by molar-refractivity contribution is 0.593. The smallest absolute Gasteiger partial charge is 0.245 e. The molecule has 18 heavy (non-hydrogen) atoms. The van der Waals surface area contributed by atoms with Crippen LogP contribution in [0, 0.1) is 5.82 Å². The van der Waals surface area contributed by atoms with Gasteiger partial charge in [0, 0.05) is 19.6 Å². The molecule has 0 bridgehead atoms. The molecule has 0 aromatic carbocycles. The fraction of sp³-hybridized carbons (Fsp3) is 0.500. The predicted molar refractivity (Wildman–Crippen MR) is 67.2 cm³/mol. The van der Waals surface area contributed by atoms with Crippen LogP contribution >= 0.6 is 0 Å². The van der Waals surface area contributed by atoms with E-state index in [0.717, 1.165) is 13.1 Å². The van der Waals surface area contributed by atoms with Gasteiger partial charge in [0.05, 0.1) is 6.20 Å². The van der Waals surface area contributed by atoms with Crippen LogP contribution in [0.1, 0.15) is 12.8 Å². The van der Waals surface area contributed by atoms with E-state index in [4.69, 9.17) is 0 Å². The van der Waals surface area contributed by atoms with Gasteiger partial charge in [-0.15, -0.1) is 5.10 Å². The minimum Gasteiger partial charge on any atom is -0.341 e. The van der Waals surface area contributed by atoms with Crippen LogP contribution in [0.5, 0.6) is 0 Å². The summed E-state index contributed by atoms with van der Waals surface area (Å²) in [6, 6.07) is 3.53. The Hall–Kier alpha value is -1.69. The van der Waals surface area contributed by atoms with Crippen LogP contribution in [-0.2, 0) is 0 Å². The van der Waals surface area contributed by atoms with Gasteiger partial charge in [-0.05, 0) is 31.5 Å². The third-order valence-electron chi connectivity index (χ3n) is 3.28. The first-order chi connectivity index (χ1) is 8.72. The molecule has 2 aromatic rings. The maximum Gasteiger partial charge on any atom is 0.245 e. The van der Waals surface area contributed by atoms with Crippen LogP contribution in [-0.4, -0.2) is 40.8 Å². The maximum absolute atomic E-state index is 13.1. The van der Waals surface area contributed by atoms with Crippen molar-refractivity contribution in [2.75, 3.05) is 25.0 Å². The number of anilines is 1. The van der Waals surface area contributed by atoms with Gasteiger partial charge < -0.3 is 10.2 Å². The monoisotopic (exact) mass is 249 g/mol. The summed E-state index contributed by atoms with van der Waals surface area (Å²) in [6.07, 6.45) is 3.75. The van der Waals surface area contributed by atoms with Gasteiger partial charge in [-0.25, -0.2) is 8.91 Å². The highest BCUT2D eigenvalue weighted by atomic mass is 19.1. The van der Waals surface area contributed by atoms with Crippen molar-refractivity contribution in [3.63, 3.8) is 0 Å². The van der Waals surface area contributed by atoms with Crippen LogP contribution in [0.3, 0.4) is 0 Å². The van der Waals surface area contributed by atoms with Gasteiger partial charge in [0.15, 0.2) is 5.65 Å². The standard InChI is InChI=1S/C12H16FN5/c1-17(8-10-3-2-6-14-10)12-15-11-5-4-9(13)7-18(11)16-12/h4-5,7,10,14H,2-3,6,8H2,1H3. The summed E-state index contributed by atoms with van der Waals surface area (Å²) in [5, 5.41) is 7.72. The first-order valence-corrected chi connectivity index (χ1v) is 6.19. The SMILES string of the molecule is CN(CC1CCCN1)c1nc2ccc(F)cn2n1. The van der Waals surface area contributed by atoms with Crippen molar-refractivity contribution >= 4 is 11.6 Å². The summed E-state index contributed by atoms with van der Waals surface area (Å²) in [6.45, 7) is 1.96. The Kier molecular flexibility index (Phi) is 2.87. The van der Waals surface area contributed by atoms with E-state index in [1.807, 2.05) is 11.9 Å². The van der Waals surface area contributed by atoms with Crippen LogP contribution in [0.25, 0.3) is 5.65 Å². The van der Waals surface area contributed by atoms with Crippen LogP contribution in [0.15, 0.2) is 18.3 Å². The molecule has 6 heteroatoms. The van der Waals surface area contributed by atoms with Crippen LogP contribution in [0.2, 0.25) is 0 Å². The van der Waals surface area contributed by atoms with Crippen molar-refractivity contribution in [1.29, 1.82) is 0 Å². The third-order valence-corrected chi connectivity index (χ3v) is 3.28. The summed E-state index contributed by atoms with van der Waals surface area (Å²) >= 11 is 0. The molecule has 1 saturated heterocycles. The molecule has 0 amide bonds. The number of halogens is 1. The summed E-state index contributed by atoms with van der Waals surface area (Å²) in [4.78, 5) is 6.39. The van der Waals surface area contributed by atoms with Gasteiger partial charge in [0.2, 0.25) is 5.95 Å². The number of hydrogen-bond donors (Lipinski definition) is 1. The number of hydrogen-bond acceptors (Lipinski definition) is 4. The molecule has 2 aromatic heterocycles. The zero-order valence-electron chi connectivity index (χ0n) is 10.3. The lowest BCUT2D eigenvalue weighted by Gasteiger charge is -2.19. The molecule has 96 valence electrons. The third kappa shape index (κ3) is 2.15. The first-order valence-electron chi connectivity index (χ1n) is 6.19. The Bertz CT molecular complexity index is 546. The molecule has 5 nitrogen and oxygen atoms in total. The summed E-state index contributed by atoms with van der Waals surface area (Å²) in [7, 11) is 1.96. The highest BCUT2D eigenvalue weighted by molar-refractivity contribution is 5.44. The Morgan fingerprint density at radius 3 is 3.22 bits per heavy atom. The van der Waals surface area contributed by atoms with Crippen molar-refractivity contribution in [3.05, 3.63) is 24.1 Å². The van der Waals surface area contributed by atoms with Gasteiger partial charge in [-0.3, -0.25) is 0 Å². The van der Waals surface area contributed by atoms with Crippen LogP contribution < -0.4 is 10.2 Å². The zero-order chi connectivity index (χ0) is 12.5. The van der Waals surface area contributed by atoms with Gasteiger partial charge >= 0.3 is 0 Å². The molecule has 0 spiro atoms. The van der Waals surface area contributed by atoms with Crippen molar-refractivity contribution in [2.24, 2.45) is 0 Å². The number of rotatable bonds is 3. The van der Waals surface area contributed by atoms with E-state index in [2.05, 4.69) is 15.4 Å². The van der Waals surface area contributed by atoms with E-state index in [1.54, 1.807) is 6.07 Å². The fourth-order valence-corrected chi connectivity index (χ4v) is 2.33. The lowest BCUT2D eigenvalue weighted by atomic mass is 10.2. The second-order valence-electron chi connectivity index (χ2n) is 4.74. The van der Waals surface area contributed by atoms with Gasteiger partial charge in [-0.1, -0.05) is 0 Å². The van der Waals surface area contributed by atoms with E-state index >= 15 is 0 Å². The van der Waals surface area contributed by atoms with Crippen molar-refractivity contribution in [2.45, 2.75) is 18.9 Å². The molecule has 3 rings (SSSR count). The highest BCUT2D eigenvalue weighted by Crippen LogP contribution is 2.13. The van der Waals surface area contributed by atoms with Crippen molar-refractivity contribution in [1.82, 2.24) is 19.9 Å². The second kappa shape index (κ2) is 4.53. The molecule has 0 saturated carbocycles. The van der Waals surface area contributed by atoms with Gasteiger partial charge in [0.1, 0.15) is 5.82 Å². The first kappa shape index (κ1) is 11.4. The lowest BCUT2D eigenvalue weighted by Crippen LogP contribution is -2.35. The number of nitrogens with one attached hydrogen (secondary N) is 1. The number of aromatic nitrogens is 3. The van der Waals surface area contributed by atoms with E-state index in [0.29, 0.717) is 17.6 Å². The topological polar surface area (TPSA) is 45.5 Å². The van der Waals surface area contributed by atoms with E-state index in [9.17, 15) is 4.39 Å². The van der Waals surface area contributed by atoms with E-state index in [-0.39, 0.29) is 5.82 Å². The average molecular weight is 249 g/mol. The molecule has 0 aliphatic carbocycles. The fourth-order valence-electron chi connectivity index (χ4n) is 2.33. The average Bonchev–Trinajstić information content (AvgIpc) is 2.96. The number of pyridine rings is 1. The predicted octanol–water partition coefficient (Wildman–Crippen LogP) is 1.06. The highest BCUT2D eigenvalue weighted by Gasteiger charge is 2.18. The Morgan fingerprint density at radius 2 is 2.44 bits per heavy atom. The summed E-state index contributed by atoms with van der Waals surface area (Å²) < 4.78 is 14.5. The minimum atomic E-state index is -0.306. The molecule has 0 radical (unpaired) electrons. The molecule has 1 fully saturated rings. The normalized spacial score (nSPS) is 19.6. The second-order valence-corrected chi connectivity index (χ2v) is 4.74. The molecule has 1 aliphatic heterocycles. The summed E-state index contributed by atoms with van der Waals surface area (Å²) in [5.41, 5.74) is 0.664. The Balaban J connectivity index is 1.80. The largest absolute Gasteiger partial charge is 0.341 e. The number of fused-ring (bicyclic) bond motifs is 1. The van der Waals surface area contributed by atoms with Crippen LogP contribution in [0.4, 0.5) is 10.3 Å². The minimum absolute atomic E-state index is 0.306. The molecule has 1 unspecified atom stereocenters. The van der Waals surface area contributed by atoms with Gasteiger partial charge in [-0.2, -0.15) is 4.98 Å².